The minimum absolute atomic E-state index is 0.852. The highest BCUT2D eigenvalue weighted by molar-refractivity contribution is 5.04. The zero-order chi connectivity index (χ0) is 10.1. The van der Waals surface area contributed by atoms with Crippen molar-refractivity contribution in [2.75, 3.05) is 0 Å². The Bertz CT molecular complexity index is 204. The Labute approximate surface area is 81.4 Å². The highest BCUT2D eigenvalue weighted by Crippen LogP contribution is 2.01. The molecule has 0 saturated heterocycles. The largest absolute Gasteiger partial charge is 0.241 e. The van der Waals surface area contributed by atoms with E-state index in [9.17, 15) is 0 Å². The third-order valence-electron chi connectivity index (χ3n) is 1.65. The Balaban J connectivity index is 0.000000671. The molecular weight excluding hydrogens is 160 g/mol. The fourth-order valence-corrected chi connectivity index (χ4v) is 0.929. The highest BCUT2D eigenvalue weighted by Gasteiger charge is 1.92. The first-order chi connectivity index (χ1) is 6.33. The molecular formula is C11H20N2. The normalized spacial score (nSPS) is 8.92. The van der Waals surface area contributed by atoms with E-state index in [4.69, 9.17) is 0 Å². The monoisotopic (exact) mass is 180 g/mol. The van der Waals surface area contributed by atoms with Gasteiger partial charge in [0.25, 0.3) is 0 Å². The van der Waals surface area contributed by atoms with Crippen molar-refractivity contribution < 1.29 is 0 Å². The van der Waals surface area contributed by atoms with Crippen LogP contribution in [0.3, 0.4) is 0 Å². The van der Waals surface area contributed by atoms with E-state index < -0.39 is 0 Å². The van der Waals surface area contributed by atoms with Gasteiger partial charge in [0.05, 0.1) is 0 Å². The summed E-state index contributed by atoms with van der Waals surface area (Å²) in [6.45, 7) is 8.10. The minimum Gasteiger partial charge on any atom is -0.241 e. The Kier molecular flexibility index (Phi) is 7.17. The maximum absolute atomic E-state index is 4.12. The van der Waals surface area contributed by atoms with Crippen LogP contribution in [0.4, 0.5) is 0 Å². The number of unbranched alkanes of at least 4 members (excludes halogenated alkanes) is 1. The van der Waals surface area contributed by atoms with Crippen molar-refractivity contribution in [1.29, 1.82) is 0 Å². The van der Waals surface area contributed by atoms with Gasteiger partial charge in [-0.2, -0.15) is 0 Å². The van der Waals surface area contributed by atoms with Crippen molar-refractivity contribution in [3.05, 3.63) is 23.8 Å². The molecule has 1 aromatic rings. The summed E-state index contributed by atoms with van der Waals surface area (Å²) in [5, 5.41) is 0. The molecule has 0 N–H and O–H groups in total. The van der Waals surface area contributed by atoms with Crippen LogP contribution >= 0.6 is 0 Å². The molecule has 2 heteroatoms. The van der Waals surface area contributed by atoms with Gasteiger partial charge in [-0.05, 0) is 25.3 Å². The SMILES string of the molecule is CC.CCCCc1cnc(C)nc1. The third kappa shape index (κ3) is 5.34. The second-order valence-corrected chi connectivity index (χ2v) is 2.74. The third-order valence-corrected chi connectivity index (χ3v) is 1.65. The topological polar surface area (TPSA) is 25.8 Å². The molecule has 0 aliphatic carbocycles. The molecule has 0 saturated carbocycles. The summed E-state index contributed by atoms with van der Waals surface area (Å²) in [5.74, 6) is 0.852. The summed E-state index contributed by atoms with van der Waals surface area (Å²) < 4.78 is 0. The number of aryl methyl sites for hydroxylation is 2. The molecule has 13 heavy (non-hydrogen) atoms. The molecule has 1 heterocycles. The molecule has 0 aliphatic rings. The van der Waals surface area contributed by atoms with Crippen molar-refractivity contribution in [2.45, 2.75) is 47.0 Å². The maximum Gasteiger partial charge on any atom is 0.125 e. The Morgan fingerprint density at radius 3 is 2.15 bits per heavy atom. The number of rotatable bonds is 3. The number of nitrogens with zero attached hydrogens (tertiary/aromatic N) is 2. The van der Waals surface area contributed by atoms with Gasteiger partial charge in [-0.3, -0.25) is 0 Å². The van der Waals surface area contributed by atoms with E-state index in [-0.39, 0.29) is 0 Å². The van der Waals surface area contributed by atoms with Crippen molar-refractivity contribution in [2.24, 2.45) is 0 Å². The lowest BCUT2D eigenvalue weighted by Crippen LogP contribution is -1.91. The molecule has 0 aromatic carbocycles. The molecule has 0 aliphatic heterocycles. The van der Waals surface area contributed by atoms with Gasteiger partial charge in [0.2, 0.25) is 0 Å². The summed E-state index contributed by atoms with van der Waals surface area (Å²) in [6, 6.07) is 0. The molecule has 0 amide bonds. The van der Waals surface area contributed by atoms with E-state index in [0.29, 0.717) is 0 Å². The summed E-state index contributed by atoms with van der Waals surface area (Å²) in [5.41, 5.74) is 1.25. The molecule has 2 nitrogen and oxygen atoms in total. The van der Waals surface area contributed by atoms with Crippen LogP contribution in [0.15, 0.2) is 12.4 Å². The second kappa shape index (κ2) is 7.71. The summed E-state index contributed by atoms with van der Waals surface area (Å²) >= 11 is 0. The molecule has 1 aromatic heterocycles. The van der Waals surface area contributed by atoms with Crippen LogP contribution in [0, 0.1) is 6.92 Å². The van der Waals surface area contributed by atoms with Crippen LogP contribution in [0.5, 0.6) is 0 Å². The molecule has 0 unspecified atom stereocenters. The van der Waals surface area contributed by atoms with Gasteiger partial charge in [-0.1, -0.05) is 27.2 Å². The number of hydrogen-bond donors (Lipinski definition) is 0. The van der Waals surface area contributed by atoms with Crippen LogP contribution < -0.4 is 0 Å². The zero-order valence-corrected chi connectivity index (χ0v) is 9.17. The summed E-state index contributed by atoms with van der Waals surface area (Å²) in [6.07, 6.45) is 7.40. The summed E-state index contributed by atoms with van der Waals surface area (Å²) in [4.78, 5) is 8.24. The standard InChI is InChI=1S/C9H14N2.C2H6/c1-3-4-5-9-6-10-8(2)11-7-9;1-2/h6-7H,3-5H2,1-2H3;1-2H3. The van der Waals surface area contributed by atoms with Gasteiger partial charge < -0.3 is 0 Å². The van der Waals surface area contributed by atoms with Crippen LogP contribution in [0.1, 0.15) is 45.0 Å². The maximum atomic E-state index is 4.12. The minimum atomic E-state index is 0.852. The van der Waals surface area contributed by atoms with Crippen LogP contribution in [-0.4, -0.2) is 9.97 Å². The highest BCUT2D eigenvalue weighted by atomic mass is 14.8. The number of aromatic nitrogens is 2. The van der Waals surface area contributed by atoms with Crippen molar-refractivity contribution in [3.8, 4) is 0 Å². The Morgan fingerprint density at radius 1 is 1.15 bits per heavy atom. The van der Waals surface area contributed by atoms with Gasteiger partial charge in [0.15, 0.2) is 0 Å². The molecule has 0 atom stereocenters. The van der Waals surface area contributed by atoms with E-state index in [2.05, 4.69) is 16.9 Å². The van der Waals surface area contributed by atoms with Crippen molar-refractivity contribution in [3.63, 3.8) is 0 Å². The van der Waals surface area contributed by atoms with Gasteiger partial charge in [-0.25, -0.2) is 9.97 Å². The Morgan fingerprint density at radius 2 is 1.69 bits per heavy atom. The number of hydrogen-bond acceptors (Lipinski definition) is 2. The zero-order valence-electron chi connectivity index (χ0n) is 9.17. The quantitative estimate of drug-likeness (QED) is 0.714. The fraction of sp³-hybridized carbons (Fsp3) is 0.636. The molecule has 0 fully saturated rings. The van der Waals surface area contributed by atoms with Crippen LogP contribution in [0.25, 0.3) is 0 Å². The smallest absolute Gasteiger partial charge is 0.125 e. The van der Waals surface area contributed by atoms with Gasteiger partial charge in [-0.15, -0.1) is 0 Å². The van der Waals surface area contributed by atoms with Gasteiger partial charge in [0, 0.05) is 12.4 Å². The van der Waals surface area contributed by atoms with Crippen LogP contribution in [-0.2, 0) is 6.42 Å². The summed E-state index contributed by atoms with van der Waals surface area (Å²) in [7, 11) is 0. The van der Waals surface area contributed by atoms with Gasteiger partial charge >= 0.3 is 0 Å². The Hall–Kier alpha value is -0.920. The lowest BCUT2D eigenvalue weighted by molar-refractivity contribution is 0.785. The molecule has 0 radical (unpaired) electrons. The first kappa shape index (κ1) is 12.1. The molecule has 0 spiro atoms. The predicted molar refractivity (Wildman–Crippen MR) is 56.7 cm³/mol. The van der Waals surface area contributed by atoms with E-state index >= 15 is 0 Å². The fourth-order valence-electron chi connectivity index (χ4n) is 0.929. The molecule has 74 valence electrons. The second-order valence-electron chi connectivity index (χ2n) is 2.74. The van der Waals surface area contributed by atoms with Crippen molar-refractivity contribution in [1.82, 2.24) is 9.97 Å². The van der Waals surface area contributed by atoms with E-state index in [1.807, 2.05) is 33.2 Å². The molecule has 0 bridgehead atoms. The average molecular weight is 180 g/mol. The lowest BCUT2D eigenvalue weighted by Gasteiger charge is -1.97. The molecule has 1 rings (SSSR count). The first-order valence-corrected chi connectivity index (χ1v) is 5.10. The van der Waals surface area contributed by atoms with Crippen LogP contribution in [0.2, 0.25) is 0 Å². The van der Waals surface area contributed by atoms with Gasteiger partial charge in [0.1, 0.15) is 5.82 Å². The lowest BCUT2D eigenvalue weighted by atomic mass is 10.2. The van der Waals surface area contributed by atoms with E-state index in [1.54, 1.807) is 0 Å². The first-order valence-electron chi connectivity index (χ1n) is 5.10. The predicted octanol–water partition coefficient (Wildman–Crippen LogP) is 3.15. The van der Waals surface area contributed by atoms with E-state index in [0.717, 1.165) is 12.2 Å². The van der Waals surface area contributed by atoms with E-state index in [1.165, 1.54) is 18.4 Å². The average Bonchev–Trinajstić information content (AvgIpc) is 2.20. The van der Waals surface area contributed by atoms with Crippen molar-refractivity contribution >= 4 is 0 Å².